The maximum atomic E-state index is 13.6. The first-order chi connectivity index (χ1) is 16.9. The van der Waals surface area contributed by atoms with Crippen molar-refractivity contribution < 1.29 is 13.2 Å². The van der Waals surface area contributed by atoms with Gasteiger partial charge in [-0.25, -0.2) is 13.8 Å². The van der Waals surface area contributed by atoms with E-state index < -0.39 is 16.2 Å². The van der Waals surface area contributed by atoms with Crippen molar-refractivity contribution in [1.29, 1.82) is 5.26 Å². The summed E-state index contributed by atoms with van der Waals surface area (Å²) in [5, 5.41) is 16.0. The summed E-state index contributed by atoms with van der Waals surface area (Å²) in [4.78, 5) is 15.3. The number of nitriles is 1. The van der Waals surface area contributed by atoms with Crippen molar-refractivity contribution >= 4 is 57.2 Å². The molecule has 1 aliphatic heterocycles. The molecule has 36 heavy (non-hydrogen) atoms. The van der Waals surface area contributed by atoms with E-state index in [1.54, 1.807) is 0 Å². The van der Waals surface area contributed by atoms with Crippen molar-refractivity contribution in [3.8, 4) is 6.07 Å². The van der Waals surface area contributed by atoms with Gasteiger partial charge in [-0.3, -0.25) is 4.68 Å². The Balaban J connectivity index is 0.00000304. The minimum Gasteiger partial charge on any atom is -0.307 e. The maximum Gasteiger partial charge on any atom is 0.334 e. The summed E-state index contributed by atoms with van der Waals surface area (Å²) in [7, 11) is -2.22. The number of rotatable bonds is 6. The molecule has 1 aromatic heterocycles. The number of nitrogens with zero attached hydrogens (tertiary/aromatic N) is 5. The summed E-state index contributed by atoms with van der Waals surface area (Å²) >= 11 is 0. The van der Waals surface area contributed by atoms with Gasteiger partial charge in [-0.1, -0.05) is 6.07 Å². The van der Waals surface area contributed by atoms with E-state index in [0.29, 0.717) is 18.5 Å². The van der Waals surface area contributed by atoms with E-state index in [4.69, 9.17) is 5.26 Å². The zero-order valence-electron chi connectivity index (χ0n) is 21.0. The van der Waals surface area contributed by atoms with Gasteiger partial charge < -0.3 is 10.2 Å². The predicted molar refractivity (Wildman–Crippen MR) is 138 cm³/mol. The van der Waals surface area contributed by atoms with Crippen LogP contribution in [0.5, 0.6) is 0 Å². The number of urea groups is 1. The maximum absolute atomic E-state index is 13.6. The van der Waals surface area contributed by atoms with Crippen LogP contribution in [-0.4, -0.2) is 84.9 Å². The molecule has 1 radical (unpaired) electrons. The van der Waals surface area contributed by atoms with Crippen LogP contribution >= 0.6 is 0 Å². The molecule has 1 saturated heterocycles. The zero-order chi connectivity index (χ0) is 24.6. The molecule has 0 saturated carbocycles. The topological polar surface area (TPSA) is 123 Å². The predicted octanol–water partition coefficient (Wildman–Crippen LogP) is 1.97. The van der Waals surface area contributed by atoms with Crippen molar-refractivity contribution in [2.75, 3.05) is 29.8 Å². The second-order valence-corrected chi connectivity index (χ2v) is 11.2. The number of nitrogens with one attached hydrogen (secondary N) is 2. The van der Waals surface area contributed by atoms with Crippen LogP contribution in [0.2, 0.25) is 0 Å². The van der Waals surface area contributed by atoms with Gasteiger partial charge >= 0.3 is 16.2 Å². The summed E-state index contributed by atoms with van der Waals surface area (Å²) in [6.45, 7) is 1.51. The number of amides is 2. The number of aromatic nitrogens is 2. The van der Waals surface area contributed by atoms with Gasteiger partial charge in [0.2, 0.25) is 0 Å². The van der Waals surface area contributed by atoms with Crippen LogP contribution in [0.4, 0.5) is 16.2 Å². The molecule has 1 aromatic carbocycles. The first-order valence-corrected chi connectivity index (χ1v) is 13.7. The number of anilines is 2. The normalized spacial score (nSPS) is 17.6. The molecule has 2 N–H and O–H groups in total. The second-order valence-electron chi connectivity index (χ2n) is 9.68. The van der Waals surface area contributed by atoms with Gasteiger partial charge in [0, 0.05) is 41.3 Å². The third kappa shape index (κ3) is 5.43. The molecule has 5 rings (SSSR count). The number of hydrogen-bond acceptors (Lipinski definition) is 6. The minimum atomic E-state index is -4.23. The zero-order valence-corrected chi connectivity index (χ0v) is 23.8. The quantitative estimate of drug-likeness (QED) is 0.562. The van der Waals surface area contributed by atoms with E-state index in [0.717, 1.165) is 68.4 Å². The van der Waals surface area contributed by atoms with Gasteiger partial charge in [0.05, 0.1) is 24.2 Å². The molecule has 2 amide bonds. The van der Waals surface area contributed by atoms with E-state index in [2.05, 4.69) is 26.1 Å². The van der Waals surface area contributed by atoms with E-state index in [1.807, 2.05) is 13.1 Å². The molecule has 0 bridgehead atoms. The Labute approximate surface area is 234 Å². The van der Waals surface area contributed by atoms with Crippen molar-refractivity contribution in [2.45, 2.75) is 64.0 Å². The van der Waals surface area contributed by atoms with Gasteiger partial charge in [0.1, 0.15) is 6.54 Å². The van der Waals surface area contributed by atoms with Gasteiger partial charge in [-0.2, -0.15) is 18.8 Å². The third-order valence-electron chi connectivity index (χ3n) is 7.32. The van der Waals surface area contributed by atoms with Crippen LogP contribution in [0.15, 0.2) is 18.5 Å². The van der Waals surface area contributed by atoms with Crippen LogP contribution < -0.4 is 14.3 Å². The summed E-state index contributed by atoms with van der Waals surface area (Å²) < 4.78 is 32.1. The molecule has 0 atom stereocenters. The Morgan fingerprint density at radius 3 is 2.42 bits per heavy atom. The smallest absolute Gasteiger partial charge is 0.307 e. The Hall–Kier alpha value is -2.10. The SMILES string of the molecule is CN1CCC(N(c2cnn(CC#N)c2)S(=O)(=O)NC(=O)Nc2c3c(cc4c2CCC4)CCC3)CC1.[Na]. The van der Waals surface area contributed by atoms with Crippen molar-refractivity contribution in [3.63, 3.8) is 0 Å². The van der Waals surface area contributed by atoms with Gasteiger partial charge in [-0.05, 0) is 93.8 Å². The Morgan fingerprint density at radius 2 is 1.81 bits per heavy atom. The number of carbonyl (C=O) groups excluding carboxylic acids is 1. The second kappa shape index (κ2) is 11.1. The van der Waals surface area contributed by atoms with Crippen LogP contribution in [0.25, 0.3) is 0 Å². The molecule has 2 aliphatic carbocycles. The average molecular weight is 521 g/mol. The molecular formula is C24H31N7NaO3S. The number of likely N-dealkylation sites (tertiary alicyclic amines) is 1. The number of fused-ring (bicyclic) bond motifs is 2. The number of aryl methyl sites for hydroxylation is 2. The largest absolute Gasteiger partial charge is 0.334 e. The Bertz CT molecular complexity index is 1250. The average Bonchev–Trinajstić information content (AvgIpc) is 3.56. The molecule has 2 aromatic rings. The van der Waals surface area contributed by atoms with Crippen LogP contribution in [0.1, 0.15) is 47.9 Å². The molecule has 3 aliphatic rings. The monoisotopic (exact) mass is 520 g/mol. The van der Waals surface area contributed by atoms with E-state index in [9.17, 15) is 13.2 Å². The fraction of sp³-hybridized carbons (Fsp3) is 0.542. The van der Waals surface area contributed by atoms with Crippen molar-refractivity contribution in [3.05, 3.63) is 40.7 Å². The fourth-order valence-electron chi connectivity index (χ4n) is 5.67. The summed E-state index contributed by atoms with van der Waals surface area (Å²) in [6.07, 6.45) is 10.1. The van der Waals surface area contributed by atoms with Gasteiger partial charge in [0.25, 0.3) is 0 Å². The first kappa shape index (κ1) is 26.9. The van der Waals surface area contributed by atoms with Crippen molar-refractivity contribution in [1.82, 2.24) is 19.4 Å². The standard InChI is InChI=1S/C24H31N7O3S.Na/c1-29-11-8-19(9-12-29)31(20-15-26-30(16-20)13-10-25)35(33,34)28-24(32)27-23-21-6-2-4-17(21)14-18-5-3-7-22(18)23;/h14-16,19H,2-9,11-13H2,1H3,(H2,27,28,32);. The Morgan fingerprint density at radius 1 is 1.17 bits per heavy atom. The summed E-state index contributed by atoms with van der Waals surface area (Å²) in [5.41, 5.74) is 5.96. The molecule has 0 spiro atoms. The number of hydrogen-bond donors (Lipinski definition) is 2. The van der Waals surface area contributed by atoms with Crippen molar-refractivity contribution in [2.24, 2.45) is 0 Å². The number of benzene rings is 1. The third-order valence-corrected chi connectivity index (χ3v) is 8.79. The summed E-state index contributed by atoms with van der Waals surface area (Å²) in [6, 6.07) is 3.21. The number of carbonyl (C=O) groups is 1. The van der Waals surface area contributed by atoms with Gasteiger partial charge in [-0.15, -0.1) is 0 Å². The van der Waals surface area contributed by atoms with Crippen LogP contribution in [0.3, 0.4) is 0 Å². The number of piperidine rings is 1. The van der Waals surface area contributed by atoms with E-state index >= 15 is 0 Å². The first-order valence-electron chi connectivity index (χ1n) is 12.2. The molecule has 10 nitrogen and oxygen atoms in total. The minimum absolute atomic E-state index is 0. The van der Waals surface area contributed by atoms with Crippen LogP contribution in [-0.2, 0) is 42.4 Å². The molecule has 2 heterocycles. The molecule has 1 fully saturated rings. The molecule has 187 valence electrons. The van der Waals surface area contributed by atoms with Crippen LogP contribution in [0, 0.1) is 11.3 Å². The Kier molecular flexibility index (Phi) is 8.32. The van der Waals surface area contributed by atoms with E-state index in [-0.39, 0.29) is 42.1 Å². The molecular weight excluding hydrogens is 489 g/mol. The van der Waals surface area contributed by atoms with E-state index in [1.165, 1.54) is 32.5 Å². The van der Waals surface area contributed by atoms with Gasteiger partial charge in [0.15, 0.2) is 0 Å². The summed E-state index contributed by atoms with van der Waals surface area (Å²) in [5.74, 6) is 0. The fourth-order valence-corrected chi connectivity index (χ4v) is 7.03. The molecule has 0 unspecified atom stereocenters. The molecule has 12 heteroatoms.